The van der Waals surface area contributed by atoms with E-state index in [1.54, 1.807) is 18.2 Å². The Morgan fingerprint density at radius 1 is 0.923 bits per heavy atom. The van der Waals surface area contributed by atoms with E-state index in [2.05, 4.69) is 6.58 Å². The van der Waals surface area contributed by atoms with E-state index in [-0.39, 0.29) is 10.6 Å². The monoisotopic (exact) mass is 368 g/mol. The lowest BCUT2D eigenvalue weighted by atomic mass is 10.0. The van der Waals surface area contributed by atoms with E-state index in [4.69, 9.17) is 4.18 Å². The van der Waals surface area contributed by atoms with Crippen molar-refractivity contribution in [2.75, 3.05) is 0 Å². The summed E-state index contributed by atoms with van der Waals surface area (Å²) in [4.78, 5) is -0.101. The van der Waals surface area contributed by atoms with E-state index < -0.39 is 15.9 Å². The predicted octanol–water partition coefficient (Wildman–Crippen LogP) is 4.99. The summed E-state index contributed by atoms with van der Waals surface area (Å²) in [6.45, 7) is 3.72. The van der Waals surface area contributed by atoms with E-state index in [0.29, 0.717) is 12.0 Å². The van der Waals surface area contributed by atoms with Crippen LogP contribution in [-0.4, -0.2) is 8.42 Å². The number of allylic oxidation sites excluding steroid dienone is 1. The van der Waals surface area contributed by atoms with Gasteiger partial charge in [-0.25, -0.2) is 4.39 Å². The maximum absolute atomic E-state index is 13.0. The summed E-state index contributed by atoms with van der Waals surface area (Å²) in [5.41, 5.74) is 2.67. The highest BCUT2D eigenvalue weighted by molar-refractivity contribution is 7.87. The van der Waals surface area contributed by atoms with E-state index in [9.17, 15) is 12.8 Å². The Hall–Kier alpha value is -2.92. The zero-order valence-corrected chi connectivity index (χ0v) is 14.7. The van der Waals surface area contributed by atoms with Crippen LogP contribution in [0.2, 0.25) is 0 Å². The van der Waals surface area contributed by atoms with Crippen LogP contribution in [-0.2, 0) is 16.5 Å². The minimum Gasteiger partial charge on any atom is -0.379 e. The van der Waals surface area contributed by atoms with Gasteiger partial charge in [0.1, 0.15) is 16.5 Å². The Morgan fingerprint density at radius 3 is 2.27 bits per heavy atom. The molecular formula is C21H17FO3S. The summed E-state index contributed by atoms with van der Waals surface area (Å²) in [5, 5.41) is 0. The molecule has 0 saturated carbocycles. The van der Waals surface area contributed by atoms with Crippen molar-refractivity contribution < 1.29 is 17.0 Å². The summed E-state index contributed by atoms with van der Waals surface area (Å²) in [6, 6.07) is 19.6. The summed E-state index contributed by atoms with van der Waals surface area (Å²) in [6.07, 6.45) is 2.14. The largest absolute Gasteiger partial charge is 0.379 e. The van der Waals surface area contributed by atoms with Gasteiger partial charge in [-0.15, -0.1) is 6.58 Å². The van der Waals surface area contributed by atoms with Gasteiger partial charge in [-0.3, -0.25) is 0 Å². The van der Waals surface area contributed by atoms with Crippen LogP contribution in [0.5, 0.6) is 5.75 Å². The molecule has 132 valence electrons. The SMILES string of the molecule is C=CCc1cc(-c2ccccc2)ccc1OS(=O)(=O)c1ccc(F)cc1. The molecule has 0 fully saturated rings. The molecule has 0 N–H and O–H groups in total. The molecule has 0 aliphatic carbocycles. The van der Waals surface area contributed by atoms with E-state index in [0.717, 1.165) is 23.3 Å². The van der Waals surface area contributed by atoms with Crippen molar-refractivity contribution in [1.82, 2.24) is 0 Å². The first-order valence-electron chi connectivity index (χ1n) is 7.99. The van der Waals surface area contributed by atoms with Gasteiger partial charge < -0.3 is 4.18 Å². The van der Waals surface area contributed by atoms with Gasteiger partial charge in [0, 0.05) is 5.56 Å². The highest BCUT2D eigenvalue weighted by Crippen LogP contribution is 2.29. The Balaban J connectivity index is 1.96. The predicted molar refractivity (Wildman–Crippen MR) is 100.0 cm³/mol. The van der Waals surface area contributed by atoms with Crippen LogP contribution in [0.4, 0.5) is 4.39 Å². The molecule has 0 radical (unpaired) electrons. The lowest BCUT2D eigenvalue weighted by Crippen LogP contribution is -2.11. The zero-order valence-electron chi connectivity index (χ0n) is 13.9. The van der Waals surface area contributed by atoms with Gasteiger partial charge in [0.2, 0.25) is 0 Å². The van der Waals surface area contributed by atoms with E-state index in [1.165, 1.54) is 12.1 Å². The van der Waals surface area contributed by atoms with Crippen molar-refractivity contribution in [2.24, 2.45) is 0 Å². The molecule has 3 aromatic carbocycles. The fourth-order valence-corrected chi connectivity index (χ4v) is 3.52. The molecule has 26 heavy (non-hydrogen) atoms. The van der Waals surface area contributed by atoms with Crippen LogP contribution >= 0.6 is 0 Å². The van der Waals surface area contributed by atoms with Crippen LogP contribution in [0.25, 0.3) is 11.1 Å². The molecule has 3 aromatic rings. The molecule has 0 aliphatic rings. The molecule has 0 bridgehead atoms. The number of halogens is 1. The minimum atomic E-state index is -4.05. The van der Waals surface area contributed by atoms with E-state index in [1.807, 2.05) is 36.4 Å². The van der Waals surface area contributed by atoms with Crippen molar-refractivity contribution in [3.8, 4) is 16.9 Å². The lowest BCUT2D eigenvalue weighted by molar-refractivity contribution is 0.483. The molecule has 0 unspecified atom stereocenters. The summed E-state index contributed by atoms with van der Waals surface area (Å²) < 4.78 is 43.2. The maximum Gasteiger partial charge on any atom is 0.339 e. The fourth-order valence-electron chi connectivity index (χ4n) is 2.55. The highest BCUT2D eigenvalue weighted by Gasteiger charge is 2.18. The molecule has 0 heterocycles. The number of rotatable bonds is 6. The van der Waals surface area contributed by atoms with Gasteiger partial charge in [0.15, 0.2) is 0 Å². The van der Waals surface area contributed by atoms with Crippen molar-refractivity contribution in [2.45, 2.75) is 11.3 Å². The first-order chi connectivity index (χ1) is 12.5. The Kier molecular flexibility index (Phi) is 5.19. The maximum atomic E-state index is 13.0. The van der Waals surface area contributed by atoms with Crippen LogP contribution in [0.15, 0.2) is 90.3 Å². The number of benzene rings is 3. The Labute approximate surface area is 152 Å². The zero-order chi connectivity index (χ0) is 18.6. The smallest absolute Gasteiger partial charge is 0.339 e. The lowest BCUT2D eigenvalue weighted by Gasteiger charge is -2.12. The first-order valence-corrected chi connectivity index (χ1v) is 9.40. The molecule has 5 heteroatoms. The third-order valence-corrected chi connectivity index (χ3v) is 5.08. The third-order valence-electron chi connectivity index (χ3n) is 3.83. The van der Waals surface area contributed by atoms with Crippen LogP contribution in [0, 0.1) is 5.82 Å². The second kappa shape index (κ2) is 7.54. The molecule has 0 saturated heterocycles. The molecule has 3 rings (SSSR count). The van der Waals surface area contributed by atoms with Gasteiger partial charge in [0.05, 0.1) is 0 Å². The standard InChI is InChI=1S/C21H17FO3S/c1-2-6-18-15-17(16-7-4-3-5-8-16)9-14-21(18)25-26(23,24)20-12-10-19(22)11-13-20/h2-5,7-15H,1,6H2. The second-order valence-corrected chi connectivity index (χ2v) is 7.22. The normalized spacial score (nSPS) is 11.1. The molecular weight excluding hydrogens is 351 g/mol. The minimum absolute atomic E-state index is 0.101. The van der Waals surface area contributed by atoms with Gasteiger partial charge in [0.25, 0.3) is 0 Å². The molecule has 0 atom stereocenters. The van der Waals surface area contributed by atoms with E-state index >= 15 is 0 Å². The van der Waals surface area contributed by atoms with Gasteiger partial charge >= 0.3 is 10.1 Å². The molecule has 0 aromatic heterocycles. The molecule has 0 spiro atoms. The molecule has 0 amide bonds. The van der Waals surface area contributed by atoms with Crippen LogP contribution in [0.1, 0.15) is 5.56 Å². The van der Waals surface area contributed by atoms with Crippen molar-refractivity contribution in [3.05, 3.63) is 96.8 Å². The van der Waals surface area contributed by atoms with Gasteiger partial charge in [-0.2, -0.15) is 8.42 Å². The average molecular weight is 368 g/mol. The summed E-state index contributed by atoms with van der Waals surface area (Å²) in [7, 11) is -4.05. The van der Waals surface area contributed by atoms with Crippen LogP contribution in [0.3, 0.4) is 0 Å². The summed E-state index contributed by atoms with van der Waals surface area (Å²) >= 11 is 0. The Morgan fingerprint density at radius 2 is 1.62 bits per heavy atom. The fraction of sp³-hybridized carbons (Fsp3) is 0.0476. The number of hydrogen-bond acceptors (Lipinski definition) is 3. The highest BCUT2D eigenvalue weighted by atomic mass is 32.2. The first kappa shape index (κ1) is 17.9. The van der Waals surface area contributed by atoms with Crippen molar-refractivity contribution >= 4 is 10.1 Å². The molecule has 0 aliphatic heterocycles. The third kappa shape index (κ3) is 4.00. The van der Waals surface area contributed by atoms with Crippen molar-refractivity contribution in [1.29, 1.82) is 0 Å². The molecule has 3 nitrogen and oxygen atoms in total. The Bertz CT molecular complexity index is 1010. The summed E-state index contributed by atoms with van der Waals surface area (Å²) in [5.74, 6) is -0.280. The quantitative estimate of drug-likeness (QED) is 0.455. The van der Waals surface area contributed by atoms with Gasteiger partial charge in [-0.1, -0.05) is 42.5 Å². The topological polar surface area (TPSA) is 43.4 Å². The second-order valence-electron chi connectivity index (χ2n) is 5.67. The number of hydrogen-bond donors (Lipinski definition) is 0. The van der Waals surface area contributed by atoms with Crippen LogP contribution < -0.4 is 4.18 Å². The van der Waals surface area contributed by atoms with Crippen molar-refractivity contribution in [3.63, 3.8) is 0 Å². The average Bonchev–Trinajstić information content (AvgIpc) is 2.64. The van der Waals surface area contributed by atoms with Gasteiger partial charge in [-0.05, 0) is 53.9 Å².